The highest BCUT2D eigenvalue weighted by Gasteiger charge is 2.50. The Labute approximate surface area is 167 Å². The number of fused-ring (bicyclic) bond motifs is 5. The molecule has 5 rings (SSSR count). The second kappa shape index (κ2) is 6.38. The van der Waals surface area contributed by atoms with Gasteiger partial charge in [0.1, 0.15) is 6.17 Å². The van der Waals surface area contributed by atoms with E-state index < -0.39 is 6.17 Å². The second-order valence-electron chi connectivity index (χ2n) is 6.84. The van der Waals surface area contributed by atoms with Crippen LogP contribution in [-0.2, 0) is 0 Å². The van der Waals surface area contributed by atoms with Crippen molar-refractivity contribution in [1.82, 2.24) is 0 Å². The van der Waals surface area contributed by atoms with Gasteiger partial charge in [0.05, 0.1) is 31.0 Å². The van der Waals surface area contributed by atoms with Gasteiger partial charge in [0, 0.05) is 11.3 Å². The summed E-state index contributed by atoms with van der Waals surface area (Å²) in [6, 6.07) is 20.2. The third kappa shape index (κ3) is 2.29. The van der Waals surface area contributed by atoms with Crippen LogP contribution >= 0.6 is 0 Å². The smallest absolute Gasteiger partial charge is 0.264 e. The summed E-state index contributed by atoms with van der Waals surface area (Å²) in [5, 5.41) is 0. The van der Waals surface area contributed by atoms with Crippen molar-refractivity contribution in [3.63, 3.8) is 0 Å². The maximum absolute atomic E-state index is 13.6. The van der Waals surface area contributed by atoms with E-state index in [1.54, 1.807) is 34.1 Å². The van der Waals surface area contributed by atoms with Gasteiger partial charge in [-0.1, -0.05) is 36.4 Å². The van der Waals surface area contributed by atoms with E-state index in [2.05, 4.69) is 0 Å². The Kier molecular flexibility index (Phi) is 3.81. The van der Waals surface area contributed by atoms with Gasteiger partial charge in [0.25, 0.3) is 11.8 Å². The molecule has 2 aliphatic heterocycles. The van der Waals surface area contributed by atoms with E-state index in [4.69, 9.17) is 9.47 Å². The zero-order chi connectivity index (χ0) is 20.1. The van der Waals surface area contributed by atoms with Gasteiger partial charge in [-0.15, -0.1) is 0 Å². The van der Waals surface area contributed by atoms with Gasteiger partial charge in [0.2, 0.25) is 0 Å². The van der Waals surface area contributed by atoms with Crippen LogP contribution in [0.15, 0.2) is 66.7 Å². The minimum absolute atomic E-state index is 0.150. The maximum atomic E-state index is 13.6. The largest absolute Gasteiger partial charge is 0.493 e. The molecule has 0 bridgehead atoms. The normalized spacial score (nSPS) is 17.0. The molecule has 29 heavy (non-hydrogen) atoms. The highest BCUT2D eigenvalue weighted by atomic mass is 16.5. The number of benzene rings is 3. The van der Waals surface area contributed by atoms with Crippen LogP contribution in [0.25, 0.3) is 0 Å². The van der Waals surface area contributed by atoms with Crippen molar-refractivity contribution in [2.75, 3.05) is 24.0 Å². The molecule has 0 saturated carbocycles. The fourth-order valence-corrected chi connectivity index (χ4v) is 4.20. The van der Waals surface area contributed by atoms with Crippen molar-refractivity contribution in [3.8, 4) is 11.5 Å². The average Bonchev–Trinajstić information content (AvgIpc) is 3.06. The number of carbonyl (C=O) groups excluding carboxylic acids is 2. The topological polar surface area (TPSA) is 59.1 Å². The van der Waals surface area contributed by atoms with Gasteiger partial charge in [-0.3, -0.25) is 19.4 Å². The minimum Gasteiger partial charge on any atom is -0.493 e. The van der Waals surface area contributed by atoms with Gasteiger partial charge in [0.15, 0.2) is 11.5 Å². The Morgan fingerprint density at radius 1 is 0.759 bits per heavy atom. The van der Waals surface area contributed by atoms with Crippen molar-refractivity contribution in [2.45, 2.75) is 6.17 Å². The first-order chi connectivity index (χ1) is 14.2. The van der Waals surface area contributed by atoms with Crippen LogP contribution in [0.5, 0.6) is 11.5 Å². The lowest BCUT2D eigenvalue weighted by atomic mass is 10.0. The minimum atomic E-state index is -0.595. The number of hydrogen-bond donors (Lipinski definition) is 0. The zero-order valence-corrected chi connectivity index (χ0v) is 16.0. The number of carbonyl (C=O) groups is 2. The molecule has 0 radical (unpaired) electrons. The van der Waals surface area contributed by atoms with Crippen LogP contribution in [0.4, 0.5) is 11.4 Å². The molecule has 0 aliphatic carbocycles. The van der Waals surface area contributed by atoms with Crippen molar-refractivity contribution >= 4 is 23.2 Å². The summed E-state index contributed by atoms with van der Waals surface area (Å²) in [7, 11) is 3.04. The van der Waals surface area contributed by atoms with Gasteiger partial charge < -0.3 is 9.47 Å². The summed E-state index contributed by atoms with van der Waals surface area (Å²) in [5.74, 6) is 0.484. The lowest BCUT2D eigenvalue weighted by molar-refractivity contribution is 0.0948. The van der Waals surface area contributed by atoms with Crippen LogP contribution in [0.2, 0.25) is 0 Å². The monoisotopic (exact) mass is 386 g/mol. The number of amides is 2. The molecular weight excluding hydrogens is 368 g/mol. The van der Waals surface area contributed by atoms with E-state index in [1.807, 2.05) is 42.5 Å². The summed E-state index contributed by atoms with van der Waals surface area (Å²) in [6.07, 6.45) is -0.595. The lowest BCUT2D eigenvalue weighted by Gasteiger charge is -2.40. The first-order valence-corrected chi connectivity index (χ1v) is 9.23. The second-order valence-corrected chi connectivity index (χ2v) is 6.84. The highest BCUT2D eigenvalue weighted by Crippen LogP contribution is 2.50. The quantitative estimate of drug-likeness (QED) is 0.682. The van der Waals surface area contributed by atoms with Crippen LogP contribution in [0.3, 0.4) is 0 Å². The highest BCUT2D eigenvalue weighted by molar-refractivity contribution is 6.22. The Morgan fingerprint density at radius 2 is 1.48 bits per heavy atom. The number of hydrogen-bond acceptors (Lipinski definition) is 4. The number of nitrogens with zero attached hydrogens (tertiary/aromatic N) is 2. The first-order valence-electron chi connectivity index (χ1n) is 9.23. The molecule has 3 aromatic rings. The summed E-state index contributed by atoms with van der Waals surface area (Å²) in [4.78, 5) is 30.4. The first kappa shape index (κ1) is 17.3. The molecule has 2 heterocycles. The summed E-state index contributed by atoms with van der Waals surface area (Å²) in [5.41, 5.74) is 2.93. The van der Waals surface area contributed by atoms with Crippen molar-refractivity contribution in [1.29, 1.82) is 0 Å². The van der Waals surface area contributed by atoms with E-state index in [9.17, 15) is 9.59 Å². The predicted molar refractivity (Wildman–Crippen MR) is 109 cm³/mol. The number of para-hydroxylation sites is 2. The predicted octanol–water partition coefficient (Wildman–Crippen LogP) is 4.02. The summed E-state index contributed by atoms with van der Waals surface area (Å²) >= 11 is 0. The Hall–Kier alpha value is -3.80. The van der Waals surface area contributed by atoms with E-state index in [1.165, 1.54) is 14.2 Å². The fourth-order valence-electron chi connectivity index (χ4n) is 4.20. The molecule has 2 amide bonds. The summed E-state index contributed by atoms with van der Waals surface area (Å²) < 4.78 is 10.9. The fraction of sp³-hybridized carbons (Fsp3) is 0.130. The molecule has 1 atom stereocenters. The van der Waals surface area contributed by atoms with E-state index in [0.29, 0.717) is 33.9 Å². The molecule has 6 heteroatoms. The van der Waals surface area contributed by atoms with Gasteiger partial charge in [-0.2, -0.15) is 0 Å². The third-order valence-corrected chi connectivity index (χ3v) is 5.42. The standard InChI is InChI=1S/C23H18N2O4/c1-28-18-13-12-16-19(20(18)29-2)23(27)25-17-11-7-6-10-15(17)22(26)24(21(16)25)14-8-4-3-5-9-14/h3-13,21H,1-2H3/t21-/m0/s1. The van der Waals surface area contributed by atoms with Crippen LogP contribution < -0.4 is 19.3 Å². The third-order valence-electron chi connectivity index (χ3n) is 5.42. The molecule has 0 spiro atoms. The molecule has 0 N–H and O–H groups in total. The molecule has 3 aromatic carbocycles. The lowest BCUT2D eigenvalue weighted by Crippen LogP contribution is -2.48. The van der Waals surface area contributed by atoms with Crippen LogP contribution in [0, 0.1) is 0 Å². The van der Waals surface area contributed by atoms with E-state index in [0.717, 1.165) is 5.69 Å². The number of ether oxygens (including phenoxy) is 2. The SMILES string of the molecule is COc1ccc2c(c1OC)C(=O)N1c3ccccc3C(=O)N(c3ccccc3)[C@H]21. The van der Waals surface area contributed by atoms with E-state index >= 15 is 0 Å². The molecule has 0 aromatic heterocycles. The molecule has 0 fully saturated rings. The Morgan fingerprint density at radius 3 is 2.21 bits per heavy atom. The Bertz CT molecular complexity index is 1140. The molecule has 0 saturated heterocycles. The van der Waals surface area contributed by atoms with Crippen molar-refractivity contribution < 1.29 is 19.1 Å². The van der Waals surface area contributed by atoms with E-state index in [-0.39, 0.29) is 11.8 Å². The number of rotatable bonds is 3. The van der Waals surface area contributed by atoms with Crippen molar-refractivity contribution in [2.24, 2.45) is 0 Å². The molecule has 144 valence electrons. The van der Waals surface area contributed by atoms with Crippen LogP contribution in [-0.4, -0.2) is 26.0 Å². The summed E-state index contributed by atoms with van der Waals surface area (Å²) in [6.45, 7) is 0. The van der Waals surface area contributed by atoms with Gasteiger partial charge >= 0.3 is 0 Å². The Balaban J connectivity index is 1.81. The van der Waals surface area contributed by atoms with Gasteiger partial charge in [-0.05, 0) is 30.3 Å². The van der Waals surface area contributed by atoms with Gasteiger partial charge in [-0.25, -0.2) is 0 Å². The molecule has 2 aliphatic rings. The average molecular weight is 386 g/mol. The van der Waals surface area contributed by atoms with Crippen molar-refractivity contribution in [3.05, 3.63) is 83.4 Å². The number of anilines is 2. The molecule has 6 nitrogen and oxygen atoms in total. The van der Waals surface area contributed by atoms with Crippen LogP contribution in [0.1, 0.15) is 32.4 Å². The maximum Gasteiger partial charge on any atom is 0.264 e. The number of methoxy groups -OCH3 is 2. The zero-order valence-electron chi connectivity index (χ0n) is 16.0. The molecular formula is C23H18N2O4. The molecule has 0 unspecified atom stereocenters.